The van der Waals surface area contributed by atoms with E-state index in [-0.39, 0.29) is 13.0 Å². The zero-order valence-corrected chi connectivity index (χ0v) is 8.32. The quantitative estimate of drug-likeness (QED) is 0.600. The minimum Gasteiger partial charge on any atom is -0.320 e. The number of imide groups is 1. The van der Waals surface area contributed by atoms with E-state index in [0.29, 0.717) is 6.42 Å². The van der Waals surface area contributed by atoms with Crippen molar-refractivity contribution >= 4 is 17.7 Å². The van der Waals surface area contributed by atoms with Gasteiger partial charge in [-0.1, -0.05) is 6.92 Å². The summed E-state index contributed by atoms with van der Waals surface area (Å²) in [6, 6.07) is 1.07. The van der Waals surface area contributed by atoms with Crippen LogP contribution in [0.25, 0.3) is 0 Å². The Balaban J connectivity index is 2.83. The van der Waals surface area contributed by atoms with E-state index in [4.69, 9.17) is 5.26 Å². The van der Waals surface area contributed by atoms with Gasteiger partial charge in [-0.3, -0.25) is 19.7 Å². The second-order valence-electron chi connectivity index (χ2n) is 3.19. The van der Waals surface area contributed by atoms with Gasteiger partial charge >= 0.3 is 0 Å². The van der Waals surface area contributed by atoms with Crippen LogP contribution in [0.1, 0.15) is 19.8 Å². The first kappa shape index (κ1) is 11.2. The number of carbonyl (C=O) groups is 3. The number of hydrogen-bond acceptors (Lipinski definition) is 4. The van der Waals surface area contributed by atoms with Crippen molar-refractivity contribution < 1.29 is 14.4 Å². The molecule has 0 aromatic rings. The van der Waals surface area contributed by atoms with Crippen LogP contribution in [-0.2, 0) is 14.4 Å². The number of carbonyl (C=O) groups excluding carboxylic acids is 3. The predicted molar refractivity (Wildman–Crippen MR) is 49.2 cm³/mol. The van der Waals surface area contributed by atoms with Gasteiger partial charge in [0.15, 0.2) is 0 Å². The topological polar surface area (TPSA) is 90.3 Å². The summed E-state index contributed by atoms with van der Waals surface area (Å²) in [5, 5.41) is 10.5. The van der Waals surface area contributed by atoms with Crippen LogP contribution in [0.15, 0.2) is 0 Å². The third kappa shape index (κ3) is 2.31. The highest BCUT2D eigenvalue weighted by molar-refractivity contribution is 6.04. The highest BCUT2D eigenvalue weighted by Gasteiger charge is 2.34. The molecule has 80 valence electrons. The lowest BCUT2D eigenvalue weighted by Gasteiger charge is -2.32. The molecule has 15 heavy (non-hydrogen) atoms. The van der Waals surface area contributed by atoms with Crippen molar-refractivity contribution in [2.24, 2.45) is 0 Å². The van der Waals surface area contributed by atoms with Gasteiger partial charge in [-0.15, -0.1) is 0 Å². The molecule has 1 atom stereocenters. The minimum atomic E-state index is -0.636. The second-order valence-corrected chi connectivity index (χ2v) is 3.19. The molecule has 0 bridgehead atoms. The van der Waals surface area contributed by atoms with E-state index in [2.05, 4.69) is 5.32 Å². The Bertz CT molecular complexity index is 345. The van der Waals surface area contributed by atoms with E-state index < -0.39 is 23.8 Å². The molecule has 0 aromatic heterocycles. The molecule has 1 saturated heterocycles. The first-order valence-electron chi connectivity index (χ1n) is 4.60. The molecule has 1 aliphatic heterocycles. The molecule has 0 aromatic carbocycles. The van der Waals surface area contributed by atoms with Crippen molar-refractivity contribution in [1.82, 2.24) is 10.2 Å². The van der Waals surface area contributed by atoms with Crippen LogP contribution in [0.5, 0.6) is 0 Å². The van der Waals surface area contributed by atoms with E-state index in [1.165, 1.54) is 0 Å². The maximum Gasteiger partial charge on any atom is 0.249 e. The number of rotatable bonds is 2. The Hall–Kier alpha value is -1.90. The summed E-state index contributed by atoms with van der Waals surface area (Å²) in [6.45, 7) is 1.59. The molecule has 0 saturated carbocycles. The first-order valence-corrected chi connectivity index (χ1v) is 4.60. The number of nitrogens with one attached hydrogen (secondary N) is 1. The fourth-order valence-electron chi connectivity index (χ4n) is 1.50. The molecule has 0 radical (unpaired) electrons. The maximum atomic E-state index is 11.4. The van der Waals surface area contributed by atoms with E-state index in [0.717, 1.165) is 4.90 Å². The molecule has 0 aliphatic carbocycles. The molecular formula is C9H11N3O3. The maximum absolute atomic E-state index is 11.4. The lowest BCUT2D eigenvalue weighted by Crippen LogP contribution is -2.59. The van der Waals surface area contributed by atoms with Crippen LogP contribution in [0.4, 0.5) is 0 Å². The molecule has 1 heterocycles. The minimum absolute atomic E-state index is 0.148. The average Bonchev–Trinajstić information content (AvgIpc) is 2.17. The van der Waals surface area contributed by atoms with Gasteiger partial charge in [-0.05, 0) is 6.42 Å². The van der Waals surface area contributed by atoms with Crippen LogP contribution in [0, 0.1) is 11.3 Å². The molecule has 1 fully saturated rings. The Labute approximate surface area is 86.8 Å². The van der Waals surface area contributed by atoms with E-state index >= 15 is 0 Å². The zero-order valence-electron chi connectivity index (χ0n) is 8.32. The van der Waals surface area contributed by atoms with Gasteiger partial charge in [0, 0.05) is 0 Å². The summed E-state index contributed by atoms with van der Waals surface area (Å²) < 4.78 is 0. The van der Waals surface area contributed by atoms with Gasteiger partial charge in [-0.2, -0.15) is 5.26 Å². The standard InChI is InChI=1S/C9H11N3O3/c1-2-6-9(15)11-7(13)5-12(6)8(14)3-4-10/h6H,2-3,5H2,1H3,(H,11,13,15). The summed E-state index contributed by atoms with van der Waals surface area (Å²) in [5.74, 6) is -1.46. The summed E-state index contributed by atoms with van der Waals surface area (Å²) in [7, 11) is 0. The van der Waals surface area contributed by atoms with Crippen molar-refractivity contribution in [2.75, 3.05) is 6.54 Å². The smallest absolute Gasteiger partial charge is 0.249 e. The molecular weight excluding hydrogens is 198 g/mol. The number of piperazine rings is 1. The number of nitriles is 1. The summed E-state index contributed by atoms with van der Waals surface area (Å²) in [6.07, 6.45) is 0.118. The molecule has 6 heteroatoms. The van der Waals surface area contributed by atoms with Crippen LogP contribution >= 0.6 is 0 Å². The third-order valence-corrected chi connectivity index (χ3v) is 2.19. The van der Waals surface area contributed by atoms with Gasteiger partial charge in [0.25, 0.3) is 0 Å². The average molecular weight is 209 g/mol. The Morgan fingerprint density at radius 3 is 2.87 bits per heavy atom. The Kier molecular flexibility index (Phi) is 3.39. The van der Waals surface area contributed by atoms with Crippen molar-refractivity contribution in [3.8, 4) is 6.07 Å². The van der Waals surface area contributed by atoms with E-state index in [9.17, 15) is 14.4 Å². The Morgan fingerprint density at radius 2 is 2.33 bits per heavy atom. The summed E-state index contributed by atoms with van der Waals surface area (Å²) in [5.41, 5.74) is 0. The van der Waals surface area contributed by atoms with Gasteiger partial charge in [-0.25, -0.2) is 0 Å². The lowest BCUT2D eigenvalue weighted by atomic mass is 10.1. The highest BCUT2D eigenvalue weighted by atomic mass is 16.2. The van der Waals surface area contributed by atoms with Crippen LogP contribution < -0.4 is 5.32 Å². The second kappa shape index (κ2) is 4.55. The van der Waals surface area contributed by atoms with Crippen LogP contribution in [0.3, 0.4) is 0 Å². The SMILES string of the molecule is CCC1C(=O)NC(=O)CN1C(=O)CC#N. The van der Waals surface area contributed by atoms with Crippen LogP contribution in [0.2, 0.25) is 0 Å². The van der Waals surface area contributed by atoms with E-state index in [1.54, 1.807) is 13.0 Å². The van der Waals surface area contributed by atoms with Gasteiger partial charge in [0.2, 0.25) is 17.7 Å². The molecule has 1 N–H and O–H groups in total. The third-order valence-electron chi connectivity index (χ3n) is 2.19. The molecule has 1 rings (SSSR count). The normalized spacial score (nSPS) is 20.8. The molecule has 0 spiro atoms. The number of nitrogens with zero attached hydrogens (tertiary/aromatic N) is 2. The number of hydrogen-bond donors (Lipinski definition) is 1. The largest absolute Gasteiger partial charge is 0.320 e. The zero-order chi connectivity index (χ0) is 11.4. The van der Waals surface area contributed by atoms with Gasteiger partial charge < -0.3 is 4.90 Å². The van der Waals surface area contributed by atoms with Crippen LogP contribution in [-0.4, -0.2) is 35.2 Å². The predicted octanol–water partition coefficient (Wildman–Crippen LogP) is -0.836. The molecule has 1 unspecified atom stereocenters. The van der Waals surface area contributed by atoms with Crippen molar-refractivity contribution in [2.45, 2.75) is 25.8 Å². The first-order chi connectivity index (χ1) is 7.10. The Morgan fingerprint density at radius 1 is 1.67 bits per heavy atom. The lowest BCUT2D eigenvalue weighted by molar-refractivity contribution is -0.149. The van der Waals surface area contributed by atoms with E-state index in [1.807, 2.05) is 0 Å². The van der Waals surface area contributed by atoms with Crippen molar-refractivity contribution in [3.63, 3.8) is 0 Å². The van der Waals surface area contributed by atoms with Crippen molar-refractivity contribution in [1.29, 1.82) is 5.26 Å². The molecule has 6 nitrogen and oxygen atoms in total. The van der Waals surface area contributed by atoms with Gasteiger partial charge in [0.1, 0.15) is 19.0 Å². The monoisotopic (exact) mass is 209 g/mol. The molecule has 1 aliphatic rings. The van der Waals surface area contributed by atoms with Gasteiger partial charge in [0.05, 0.1) is 6.07 Å². The summed E-state index contributed by atoms with van der Waals surface area (Å²) >= 11 is 0. The molecule has 3 amide bonds. The fraction of sp³-hybridized carbons (Fsp3) is 0.556. The van der Waals surface area contributed by atoms with Crippen molar-refractivity contribution in [3.05, 3.63) is 0 Å². The highest BCUT2D eigenvalue weighted by Crippen LogP contribution is 2.10. The fourth-order valence-corrected chi connectivity index (χ4v) is 1.50. The number of amides is 3. The summed E-state index contributed by atoms with van der Waals surface area (Å²) in [4.78, 5) is 35.0.